The molecule has 24 heteroatoms. The number of hydrogen-bond acceptors (Lipinski definition) is 24. The molecule has 9 rings (SSSR count). The molecule has 4 aliphatic carbocycles. The molecule has 0 aromatic heterocycles. The van der Waals surface area contributed by atoms with Gasteiger partial charge < -0.3 is 119 Å². The average Bonchev–Trinajstić information content (AvgIpc) is 3.83. The van der Waals surface area contributed by atoms with Crippen LogP contribution in [0.2, 0.25) is 0 Å². The Balaban J connectivity index is 0.798. The van der Waals surface area contributed by atoms with Crippen LogP contribution in [0.1, 0.15) is 85.5 Å². The van der Waals surface area contributed by atoms with Gasteiger partial charge in [0.15, 0.2) is 30.9 Å². The number of aliphatic hydroxyl groups is 15. The molecule has 5 aliphatic heterocycles. The lowest BCUT2D eigenvalue weighted by Crippen LogP contribution is -2.67. The maximum absolute atomic E-state index is 12.1. The number of fused-ring (bicyclic) bond motifs is 7. The number of rotatable bonds is 16. The fraction of sp³-hybridized carbons (Fsp3) is 0.961. The van der Waals surface area contributed by atoms with Gasteiger partial charge in [0.05, 0.1) is 45.2 Å². The molecule has 0 aromatic rings. The molecule has 9 aliphatic rings. The fourth-order valence-electron chi connectivity index (χ4n) is 15.0. The van der Waals surface area contributed by atoms with Crippen molar-refractivity contribution < 1.29 is 119 Å². The van der Waals surface area contributed by atoms with Crippen molar-refractivity contribution in [1.29, 1.82) is 0 Å². The Morgan fingerprint density at radius 3 is 1.79 bits per heavy atom. The molecule has 15 N–H and O–H groups in total. The Hall–Kier alpha value is -1.22. The Labute approximate surface area is 435 Å². The van der Waals surface area contributed by atoms with Gasteiger partial charge in [-0.2, -0.15) is 0 Å². The second-order valence-corrected chi connectivity index (χ2v) is 23.8. The van der Waals surface area contributed by atoms with Crippen LogP contribution in [0.25, 0.3) is 0 Å². The van der Waals surface area contributed by atoms with Crippen LogP contribution in [0.15, 0.2) is 11.6 Å². The molecule has 0 unspecified atom stereocenters. The molecular weight excluding hydrogens is 997 g/mol. The van der Waals surface area contributed by atoms with Crippen molar-refractivity contribution in [2.75, 3.05) is 33.0 Å². The van der Waals surface area contributed by atoms with E-state index >= 15 is 0 Å². The van der Waals surface area contributed by atoms with Crippen molar-refractivity contribution in [3.8, 4) is 0 Å². The van der Waals surface area contributed by atoms with E-state index in [0.717, 1.165) is 32.1 Å². The molecule has 0 radical (unpaired) electrons. The zero-order chi connectivity index (χ0) is 54.2. The van der Waals surface area contributed by atoms with Crippen LogP contribution in [0, 0.1) is 46.3 Å². The van der Waals surface area contributed by atoms with Gasteiger partial charge in [0.25, 0.3) is 0 Å². The molecule has 3 saturated carbocycles. The zero-order valence-electron chi connectivity index (χ0n) is 43.0. The first kappa shape index (κ1) is 58.4. The zero-order valence-corrected chi connectivity index (χ0v) is 43.0. The summed E-state index contributed by atoms with van der Waals surface area (Å²) in [5.74, 6) is -0.225. The van der Waals surface area contributed by atoms with Gasteiger partial charge in [-0.1, -0.05) is 39.3 Å². The van der Waals surface area contributed by atoms with Gasteiger partial charge in [0.1, 0.15) is 97.7 Å². The van der Waals surface area contributed by atoms with E-state index in [1.807, 2.05) is 6.92 Å². The molecule has 5 saturated heterocycles. The minimum atomic E-state index is -1.92. The SMILES string of the molecule is C[C@@H](CC[C@@]1(O)O[C@H]2C[C@H]3[C@@H]4CC=C5C[C@@H](O[C@@H]6O[C@H](CO)[C@H](O[C@@H]7O[C@H](CO)[C@@H](O)[C@H](O)[C@H]7O[C@@H]7O[C@H](CO)[C@@H](O)[C@H](O)[C@H]7O)[C@H](O)[C@H]6O)CC[C@]5(C)[C@H]4CC[C@]3(C)[C@H]2[C@@H]1C)CO[C@@H]1O[C@H](CO)[C@@H](O)[C@H](O)[C@H]1O. The summed E-state index contributed by atoms with van der Waals surface area (Å²) in [6.07, 6.45) is -23.7. The summed E-state index contributed by atoms with van der Waals surface area (Å²) in [5.41, 5.74) is 1.08. The molecule has 5 heterocycles. The first-order valence-electron chi connectivity index (χ1n) is 27.1. The molecular formula is C51H84O24. The van der Waals surface area contributed by atoms with E-state index in [4.69, 9.17) is 42.6 Å². The summed E-state index contributed by atoms with van der Waals surface area (Å²) < 4.78 is 53.4. The van der Waals surface area contributed by atoms with E-state index in [0.29, 0.717) is 43.4 Å². The van der Waals surface area contributed by atoms with Crippen molar-refractivity contribution in [3.63, 3.8) is 0 Å². The molecule has 31 atom stereocenters. The van der Waals surface area contributed by atoms with Gasteiger partial charge >= 0.3 is 0 Å². The Morgan fingerprint density at radius 2 is 1.15 bits per heavy atom. The minimum absolute atomic E-state index is 0.0569. The van der Waals surface area contributed by atoms with Gasteiger partial charge in [-0.15, -0.1) is 0 Å². The van der Waals surface area contributed by atoms with E-state index in [1.165, 1.54) is 5.57 Å². The third kappa shape index (κ3) is 10.6. The lowest BCUT2D eigenvalue weighted by atomic mass is 9.47. The Kier molecular flexibility index (Phi) is 17.9. The second-order valence-electron chi connectivity index (χ2n) is 23.8. The third-order valence-electron chi connectivity index (χ3n) is 19.5. The highest BCUT2D eigenvalue weighted by Gasteiger charge is 2.68. The summed E-state index contributed by atoms with van der Waals surface area (Å²) >= 11 is 0. The summed E-state index contributed by atoms with van der Waals surface area (Å²) in [7, 11) is 0. The summed E-state index contributed by atoms with van der Waals surface area (Å²) in [6.45, 7) is 6.02. The predicted molar refractivity (Wildman–Crippen MR) is 252 cm³/mol. The molecule has 0 bridgehead atoms. The van der Waals surface area contributed by atoms with Crippen molar-refractivity contribution in [1.82, 2.24) is 0 Å². The number of hydrogen-bond donors (Lipinski definition) is 15. The van der Waals surface area contributed by atoms with E-state index < -0.39 is 161 Å². The highest BCUT2D eigenvalue weighted by molar-refractivity contribution is 5.26. The lowest BCUT2D eigenvalue weighted by Gasteiger charge is -2.58. The van der Waals surface area contributed by atoms with Crippen LogP contribution in [0.4, 0.5) is 0 Å². The van der Waals surface area contributed by atoms with Crippen LogP contribution in [-0.4, -0.2) is 250 Å². The quantitative estimate of drug-likeness (QED) is 0.0655. The molecule has 24 nitrogen and oxygen atoms in total. The van der Waals surface area contributed by atoms with E-state index in [2.05, 4.69) is 26.8 Å². The molecule has 75 heavy (non-hydrogen) atoms. The molecule has 432 valence electrons. The maximum Gasteiger partial charge on any atom is 0.187 e. The lowest BCUT2D eigenvalue weighted by molar-refractivity contribution is -0.390. The topological polar surface area (TPSA) is 387 Å². The van der Waals surface area contributed by atoms with Gasteiger partial charge in [0.2, 0.25) is 0 Å². The monoisotopic (exact) mass is 1080 g/mol. The second kappa shape index (κ2) is 23.0. The predicted octanol–water partition coefficient (Wildman–Crippen LogP) is -4.03. The molecule has 0 aromatic carbocycles. The molecule has 0 spiro atoms. The Morgan fingerprint density at radius 1 is 0.613 bits per heavy atom. The van der Waals surface area contributed by atoms with Crippen molar-refractivity contribution in [2.45, 2.75) is 226 Å². The third-order valence-corrected chi connectivity index (χ3v) is 19.5. The fourth-order valence-corrected chi connectivity index (χ4v) is 15.0. The van der Waals surface area contributed by atoms with Crippen LogP contribution in [0.5, 0.6) is 0 Å². The van der Waals surface area contributed by atoms with Gasteiger partial charge in [0, 0.05) is 12.3 Å². The summed E-state index contributed by atoms with van der Waals surface area (Å²) in [6, 6.07) is 0. The van der Waals surface area contributed by atoms with Gasteiger partial charge in [-0.05, 0) is 91.8 Å². The maximum atomic E-state index is 12.1. The minimum Gasteiger partial charge on any atom is -0.394 e. The van der Waals surface area contributed by atoms with Crippen molar-refractivity contribution in [3.05, 3.63) is 11.6 Å². The Bertz CT molecular complexity index is 1930. The van der Waals surface area contributed by atoms with Crippen LogP contribution < -0.4 is 0 Å². The normalized spacial score (nSPS) is 54.3. The first-order chi connectivity index (χ1) is 35.5. The number of aliphatic hydroxyl groups excluding tert-OH is 14. The van der Waals surface area contributed by atoms with Gasteiger partial charge in [-0.3, -0.25) is 0 Å². The number of ether oxygens (including phenoxy) is 9. The van der Waals surface area contributed by atoms with Crippen LogP contribution in [-0.2, 0) is 42.6 Å². The first-order valence-corrected chi connectivity index (χ1v) is 27.1. The van der Waals surface area contributed by atoms with Crippen LogP contribution in [0.3, 0.4) is 0 Å². The largest absolute Gasteiger partial charge is 0.394 e. The number of allylic oxidation sites excluding steroid dienone is 1. The van der Waals surface area contributed by atoms with E-state index in [9.17, 15) is 76.6 Å². The average molecular weight is 1080 g/mol. The van der Waals surface area contributed by atoms with Crippen LogP contribution >= 0.6 is 0 Å². The highest BCUT2D eigenvalue weighted by atomic mass is 16.8. The van der Waals surface area contributed by atoms with Crippen molar-refractivity contribution >= 4 is 0 Å². The van der Waals surface area contributed by atoms with E-state index in [1.54, 1.807) is 0 Å². The standard InChI is InChI=1S/C51H84O24/c1-20(19-67-45-40(63)36(59)33(56)28(15-52)69-45)7-12-51(66)21(2)32-27(75-51)14-26-24-6-5-22-13-23(8-10-49(22,3)25(24)9-11-50(26,32)4)68-46-42(65)39(62)43(31(18-55)72-46)73-48-44(38(61)35(58)30(17-54)71-48)74-47-41(64)37(60)34(57)29(16-53)70-47/h5,20-21,23-48,52-66H,6-19H2,1-4H3/t20-,21-,23-,24+,25-,26-,27-,28+,29+,30+,31+,32-,33+,34+,35+,36-,37-,38-,39+,40+,41+,42+,43-,44+,45+,46+,47-,48-,49-,50-,51+/m0/s1. The van der Waals surface area contributed by atoms with Gasteiger partial charge in [-0.25, -0.2) is 0 Å². The summed E-state index contributed by atoms with van der Waals surface area (Å²) in [5, 5.41) is 159. The molecule has 8 fully saturated rings. The molecule has 0 amide bonds. The smallest absolute Gasteiger partial charge is 0.187 e. The van der Waals surface area contributed by atoms with E-state index in [-0.39, 0.29) is 41.3 Å². The van der Waals surface area contributed by atoms with Crippen molar-refractivity contribution in [2.24, 2.45) is 46.3 Å². The highest BCUT2D eigenvalue weighted by Crippen LogP contribution is 2.70. The summed E-state index contributed by atoms with van der Waals surface area (Å²) in [4.78, 5) is 0.